The third-order valence-corrected chi connectivity index (χ3v) is 6.46. The van der Waals surface area contributed by atoms with Gasteiger partial charge in [0.05, 0.1) is 4.53 Å². The number of benzene rings is 2. The lowest BCUT2D eigenvalue weighted by Gasteiger charge is -2.22. The number of hydrogen-bond donors (Lipinski definition) is 0. The van der Waals surface area contributed by atoms with E-state index in [1.807, 2.05) is 49.4 Å². The number of nitrogens with zero attached hydrogens (tertiary/aromatic N) is 3. The van der Waals surface area contributed by atoms with Crippen molar-refractivity contribution in [1.29, 1.82) is 0 Å². The van der Waals surface area contributed by atoms with Crippen molar-refractivity contribution >= 4 is 28.4 Å². The van der Waals surface area contributed by atoms with Gasteiger partial charge < -0.3 is 4.74 Å². The van der Waals surface area contributed by atoms with E-state index >= 15 is 0 Å². The van der Waals surface area contributed by atoms with Crippen LogP contribution in [0.2, 0.25) is 0 Å². The van der Waals surface area contributed by atoms with Gasteiger partial charge in [0, 0.05) is 11.1 Å². The van der Waals surface area contributed by atoms with E-state index in [0.717, 1.165) is 22.4 Å². The molecule has 2 aromatic carbocycles. The molecule has 0 radical (unpaired) electrons. The fourth-order valence-corrected chi connectivity index (χ4v) is 4.56. The minimum Gasteiger partial charge on any atom is -0.485 e. The second kappa shape index (κ2) is 7.17. The maximum absolute atomic E-state index is 13.0. The maximum Gasteiger partial charge on any atom is 0.291 e. The number of thiazole rings is 1. The smallest absolute Gasteiger partial charge is 0.291 e. The summed E-state index contributed by atoms with van der Waals surface area (Å²) in [5.41, 5.74) is 4.05. The number of para-hydroxylation sites is 1. The number of fused-ring (bicyclic) bond motifs is 2. The van der Waals surface area contributed by atoms with Crippen LogP contribution < -0.4 is 14.8 Å². The van der Waals surface area contributed by atoms with Crippen molar-refractivity contribution in [1.82, 2.24) is 14.6 Å². The molecule has 0 bridgehead atoms. The van der Waals surface area contributed by atoms with E-state index in [1.54, 1.807) is 0 Å². The van der Waals surface area contributed by atoms with Gasteiger partial charge in [0.2, 0.25) is 4.96 Å². The molecule has 1 unspecified atom stereocenters. The molecule has 0 spiro atoms. The molecule has 0 amide bonds. The summed E-state index contributed by atoms with van der Waals surface area (Å²) in [4.78, 5) is 18.2. The van der Waals surface area contributed by atoms with Crippen LogP contribution in [-0.2, 0) is 5.41 Å². The Labute approximate surface area is 184 Å². The molecule has 1 aliphatic rings. The Balaban J connectivity index is 1.52. The van der Waals surface area contributed by atoms with Gasteiger partial charge in [-0.2, -0.15) is 9.50 Å². The van der Waals surface area contributed by atoms with E-state index in [0.29, 0.717) is 15.3 Å². The third kappa shape index (κ3) is 3.57. The van der Waals surface area contributed by atoms with Crippen LogP contribution >= 0.6 is 11.3 Å². The summed E-state index contributed by atoms with van der Waals surface area (Å²) in [6.45, 7) is 8.53. The van der Waals surface area contributed by atoms with Crippen LogP contribution in [0.1, 0.15) is 38.8 Å². The van der Waals surface area contributed by atoms with Crippen LogP contribution in [0.15, 0.2) is 58.9 Å². The van der Waals surface area contributed by atoms with E-state index in [1.165, 1.54) is 21.4 Å². The summed E-state index contributed by atoms with van der Waals surface area (Å²) in [6, 6.07) is 16.1. The van der Waals surface area contributed by atoms with Gasteiger partial charge in [-0.15, -0.1) is 5.10 Å². The van der Waals surface area contributed by atoms with Gasteiger partial charge in [0.15, 0.2) is 5.82 Å². The van der Waals surface area contributed by atoms with Crippen molar-refractivity contribution in [3.63, 3.8) is 0 Å². The average Bonchev–Trinajstić information content (AvgIpc) is 3.28. The molecule has 6 heteroatoms. The normalized spacial score (nSPS) is 16.8. The first kappa shape index (κ1) is 19.7. The summed E-state index contributed by atoms with van der Waals surface area (Å²) in [5.74, 6) is 1.43. The number of aromatic nitrogens is 3. The quantitative estimate of drug-likeness (QED) is 0.471. The zero-order chi connectivity index (χ0) is 21.8. The molecule has 3 heterocycles. The van der Waals surface area contributed by atoms with Gasteiger partial charge in [-0.3, -0.25) is 4.79 Å². The lowest BCUT2D eigenvalue weighted by atomic mass is 9.87. The van der Waals surface area contributed by atoms with Gasteiger partial charge >= 0.3 is 0 Å². The van der Waals surface area contributed by atoms with Crippen LogP contribution in [0.25, 0.3) is 28.5 Å². The molecule has 0 saturated carbocycles. The molecule has 5 rings (SSSR count). The van der Waals surface area contributed by atoms with E-state index in [2.05, 4.69) is 49.1 Å². The van der Waals surface area contributed by atoms with E-state index in [4.69, 9.17) is 4.74 Å². The van der Waals surface area contributed by atoms with Crippen molar-refractivity contribution in [3.05, 3.63) is 80.1 Å². The Morgan fingerprint density at radius 2 is 1.84 bits per heavy atom. The first-order chi connectivity index (χ1) is 14.8. The highest BCUT2D eigenvalue weighted by Gasteiger charge is 2.19. The number of rotatable bonds is 2. The van der Waals surface area contributed by atoms with Crippen molar-refractivity contribution < 1.29 is 4.74 Å². The fourth-order valence-electron chi connectivity index (χ4n) is 3.65. The Morgan fingerprint density at radius 3 is 2.55 bits per heavy atom. The highest BCUT2D eigenvalue weighted by molar-refractivity contribution is 7.15. The van der Waals surface area contributed by atoms with Crippen LogP contribution in [-0.4, -0.2) is 20.7 Å². The first-order valence-electron chi connectivity index (χ1n) is 10.3. The number of hydrogen-bond acceptors (Lipinski definition) is 5. The van der Waals surface area contributed by atoms with E-state index < -0.39 is 0 Å². The predicted octanol–water partition coefficient (Wildman–Crippen LogP) is 4.48. The highest BCUT2D eigenvalue weighted by Crippen LogP contribution is 2.30. The highest BCUT2D eigenvalue weighted by atomic mass is 32.1. The second-order valence-corrected chi connectivity index (χ2v) is 9.82. The first-order valence-corrected chi connectivity index (χ1v) is 11.1. The van der Waals surface area contributed by atoms with E-state index in [-0.39, 0.29) is 17.1 Å². The summed E-state index contributed by atoms with van der Waals surface area (Å²) in [6.07, 6.45) is 3.83. The lowest BCUT2D eigenvalue weighted by Crippen LogP contribution is -2.26. The Morgan fingerprint density at radius 1 is 1.10 bits per heavy atom. The van der Waals surface area contributed by atoms with E-state index in [9.17, 15) is 4.79 Å². The molecule has 31 heavy (non-hydrogen) atoms. The maximum atomic E-state index is 13.0. The zero-order valence-corrected chi connectivity index (χ0v) is 18.7. The number of ether oxygens (including phenoxy) is 1. The summed E-state index contributed by atoms with van der Waals surface area (Å²) < 4.78 is 7.99. The Hall–Kier alpha value is -3.25. The zero-order valence-electron chi connectivity index (χ0n) is 17.9. The second-order valence-electron chi connectivity index (χ2n) is 8.82. The SMILES string of the molecule is CC1Oc2ccccc2C=C1/C=c1\sc2nc(-c3ccc(C(C)(C)C)cc3)nn2c1=O. The molecular formula is C25H23N3O2S. The summed E-state index contributed by atoms with van der Waals surface area (Å²) in [5, 5.41) is 4.48. The lowest BCUT2D eigenvalue weighted by molar-refractivity contribution is 0.259. The van der Waals surface area contributed by atoms with Crippen molar-refractivity contribution in [3.8, 4) is 17.1 Å². The third-order valence-electron chi connectivity index (χ3n) is 5.50. The van der Waals surface area contributed by atoms with Crippen LogP contribution in [0.3, 0.4) is 0 Å². The fraction of sp³-hybridized carbons (Fsp3) is 0.240. The summed E-state index contributed by atoms with van der Waals surface area (Å²) in [7, 11) is 0. The van der Waals surface area contributed by atoms with Crippen molar-refractivity contribution in [2.24, 2.45) is 0 Å². The molecule has 0 saturated heterocycles. The standard InChI is InChI=1S/C25H23N3O2S/c1-15-18(13-17-7-5-6-8-20(17)30-15)14-21-23(29)28-24(31-21)26-22(27-28)16-9-11-19(12-10-16)25(2,3)4/h5-15H,1-4H3/b21-14-. The Bertz CT molecular complexity index is 1420. The minimum atomic E-state index is -0.156. The molecular weight excluding hydrogens is 406 g/mol. The van der Waals surface area contributed by atoms with Gasteiger partial charge in [-0.05, 0) is 41.7 Å². The summed E-state index contributed by atoms with van der Waals surface area (Å²) >= 11 is 1.35. The largest absolute Gasteiger partial charge is 0.485 e. The topological polar surface area (TPSA) is 56.5 Å². The minimum absolute atomic E-state index is 0.0859. The van der Waals surface area contributed by atoms with Gasteiger partial charge in [-0.25, -0.2) is 0 Å². The van der Waals surface area contributed by atoms with Crippen LogP contribution in [0.5, 0.6) is 5.75 Å². The van der Waals surface area contributed by atoms with Gasteiger partial charge in [0.1, 0.15) is 11.9 Å². The van der Waals surface area contributed by atoms with Crippen molar-refractivity contribution in [2.75, 3.05) is 0 Å². The molecule has 0 aliphatic carbocycles. The average molecular weight is 430 g/mol. The molecule has 0 fully saturated rings. The molecule has 5 nitrogen and oxygen atoms in total. The molecule has 1 atom stereocenters. The van der Waals surface area contributed by atoms with Gasteiger partial charge in [-0.1, -0.05) is 74.6 Å². The molecule has 4 aromatic rings. The van der Waals surface area contributed by atoms with Crippen molar-refractivity contribution in [2.45, 2.75) is 39.2 Å². The molecule has 1 aliphatic heterocycles. The Kier molecular flexibility index (Phi) is 4.55. The molecule has 0 N–H and O–H groups in total. The predicted molar refractivity (Wildman–Crippen MR) is 125 cm³/mol. The molecule has 156 valence electrons. The van der Waals surface area contributed by atoms with Gasteiger partial charge in [0.25, 0.3) is 5.56 Å². The van der Waals surface area contributed by atoms with Crippen LogP contribution in [0.4, 0.5) is 0 Å². The van der Waals surface area contributed by atoms with Crippen LogP contribution in [0, 0.1) is 0 Å². The molecule has 2 aromatic heterocycles. The monoisotopic (exact) mass is 429 g/mol.